The van der Waals surface area contributed by atoms with E-state index in [1.807, 2.05) is 6.07 Å². The number of anilines is 2. The van der Waals surface area contributed by atoms with Gasteiger partial charge in [-0.15, -0.1) is 0 Å². The number of benzene rings is 3. The number of carbonyl (C=O) groups is 4. The number of imide groups is 2. The van der Waals surface area contributed by atoms with Gasteiger partial charge < -0.3 is 10.1 Å². The zero-order valence-electron chi connectivity index (χ0n) is 18.9. The molecule has 0 aromatic heterocycles. The van der Waals surface area contributed by atoms with Crippen molar-refractivity contribution < 1.29 is 23.9 Å². The molecule has 1 saturated heterocycles. The molecule has 10 heteroatoms. The van der Waals surface area contributed by atoms with Crippen LogP contribution in [-0.2, 0) is 14.4 Å². The smallest absolute Gasteiger partial charge is 0.335 e. The van der Waals surface area contributed by atoms with Crippen molar-refractivity contribution >= 4 is 64.4 Å². The summed E-state index contributed by atoms with van der Waals surface area (Å²) in [7, 11) is 0. The molecular weight excluding hydrogens is 505 g/mol. The third-order valence-electron chi connectivity index (χ3n) is 5.20. The number of nitrogens with one attached hydrogen (secondary N) is 2. The standard InChI is InChI=1S/C26H19Cl2N3O5/c1-15-7-9-17(27)13-21(15)31-25(34)19(24(33)30-26(31)35)11-16-8-10-22(20(28)12-16)36-14-23(32)29-18-5-3-2-4-6-18/h2-13H,14H2,1H3,(H,29,32)(H,30,33,35)/b19-11+. The van der Waals surface area contributed by atoms with Gasteiger partial charge in [0.1, 0.15) is 11.3 Å². The first kappa shape index (κ1) is 25.0. The van der Waals surface area contributed by atoms with Crippen LogP contribution in [0.1, 0.15) is 11.1 Å². The summed E-state index contributed by atoms with van der Waals surface area (Å²) in [5.41, 5.74) is 1.67. The number of nitrogens with zero attached hydrogens (tertiary/aromatic N) is 1. The van der Waals surface area contributed by atoms with Gasteiger partial charge in [-0.1, -0.05) is 53.5 Å². The van der Waals surface area contributed by atoms with Crippen molar-refractivity contribution in [1.29, 1.82) is 0 Å². The Balaban J connectivity index is 1.51. The van der Waals surface area contributed by atoms with Gasteiger partial charge in [-0.05, 0) is 60.5 Å². The Morgan fingerprint density at radius 3 is 2.50 bits per heavy atom. The van der Waals surface area contributed by atoms with Crippen LogP contribution < -0.4 is 20.3 Å². The van der Waals surface area contributed by atoms with Gasteiger partial charge in [-0.25, -0.2) is 9.69 Å². The zero-order chi connectivity index (χ0) is 25.8. The van der Waals surface area contributed by atoms with E-state index in [4.69, 9.17) is 27.9 Å². The van der Waals surface area contributed by atoms with E-state index < -0.39 is 17.8 Å². The molecule has 5 amide bonds. The molecule has 0 spiro atoms. The van der Waals surface area contributed by atoms with E-state index in [2.05, 4.69) is 10.6 Å². The van der Waals surface area contributed by atoms with Crippen LogP contribution in [0, 0.1) is 6.92 Å². The number of para-hydroxylation sites is 1. The second-order valence-corrected chi connectivity index (χ2v) is 8.63. The van der Waals surface area contributed by atoms with Crippen LogP contribution in [0.4, 0.5) is 16.2 Å². The highest BCUT2D eigenvalue weighted by atomic mass is 35.5. The molecule has 0 bridgehead atoms. The average Bonchev–Trinajstić information content (AvgIpc) is 2.84. The SMILES string of the molecule is Cc1ccc(Cl)cc1N1C(=O)NC(=O)/C(=C\c2ccc(OCC(=O)Nc3ccccc3)c(Cl)c2)C1=O. The molecule has 0 radical (unpaired) electrons. The summed E-state index contributed by atoms with van der Waals surface area (Å²) in [6.45, 7) is 1.44. The number of barbiturate groups is 1. The topological polar surface area (TPSA) is 105 Å². The molecule has 182 valence electrons. The molecule has 3 aromatic carbocycles. The van der Waals surface area contributed by atoms with Crippen molar-refractivity contribution in [3.63, 3.8) is 0 Å². The lowest BCUT2D eigenvalue weighted by Crippen LogP contribution is -2.54. The van der Waals surface area contributed by atoms with Gasteiger partial charge in [-0.2, -0.15) is 0 Å². The number of ether oxygens (including phenoxy) is 1. The number of carbonyl (C=O) groups excluding carboxylic acids is 4. The van der Waals surface area contributed by atoms with Crippen molar-refractivity contribution in [3.05, 3.63) is 93.5 Å². The van der Waals surface area contributed by atoms with Crippen LogP contribution in [-0.4, -0.2) is 30.4 Å². The molecule has 0 saturated carbocycles. The number of hydrogen-bond donors (Lipinski definition) is 2. The van der Waals surface area contributed by atoms with Gasteiger partial charge in [0.2, 0.25) is 0 Å². The lowest BCUT2D eigenvalue weighted by atomic mass is 10.1. The summed E-state index contributed by atoms with van der Waals surface area (Å²) in [5, 5.41) is 5.36. The third-order valence-corrected chi connectivity index (χ3v) is 5.73. The molecule has 2 N–H and O–H groups in total. The summed E-state index contributed by atoms with van der Waals surface area (Å²) in [6, 6.07) is 17.4. The normalized spacial score (nSPS) is 14.6. The Kier molecular flexibility index (Phi) is 7.38. The van der Waals surface area contributed by atoms with Crippen molar-refractivity contribution in [3.8, 4) is 5.75 Å². The predicted molar refractivity (Wildman–Crippen MR) is 137 cm³/mol. The average molecular weight is 524 g/mol. The molecule has 0 atom stereocenters. The fraction of sp³-hybridized carbons (Fsp3) is 0.0769. The number of aryl methyl sites for hydroxylation is 1. The predicted octanol–water partition coefficient (Wildman–Crippen LogP) is 4.99. The highest BCUT2D eigenvalue weighted by molar-refractivity contribution is 6.40. The molecule has 0 unspecified atom stereocenters. The Bertz CT molecular complexity index is 1410. The summed E-state index contributed by atoms with van der Waals surface area (Å²) in [4.78, 5) is 51.0. The first-order chi connectivity index (χ1) is 17.2. The molecule has 4 rings (SSSR count). The van der Waals surface area contributed by atoms with Crippen LogP contribution in [0.15, 0.2) is 72.3 Å². The molecule has 1 heterocycles. The van der Waals surface area contributed by atoms with Gasteiger partial charge in [-0.3, -0.25) is 19.7 Å². The zero-order valence-corrected chi connectivity index (χ0v) is 20.4. The van der Waals surface area contributed by atoms with Gasteiger partial charge in [0.25, 0.3) is 17.7 Å². The summed E-state index contributed by atoms with van der Waals surface area (Å²) < 4.78 is 5.50. The van der Waals surface area contributed by atoms with E-state index >= 15 is 0 Å². The quantitative estimate of drug-likeness (QED) is 0.350. The summed E-state index contributed by atoms with van der Waals surface area (Å²) >= 11 is 12.3. The van der Waals surface area contributed by atoms with Crippen LogP contribution in [0.5, 0.6) is 5.75 Å². The maximum atomic E-state index is 13.1. The minimum atomic E-state index is -0.872. The Hall–Kier alpha value is -4.14. The molecule has 8 nitrogen and oxygen atoms in total. The monoisotopic (exact) mass is 523 g/mol. The number of halogens is 2. The van der Waals surface area contributed by atoms with E-state index in [0.717, 1.165) is 4.90 Å². The van der Waals surface area contributed by atoms with Crippen molar-refractivity contribution in [1.82, 2.24) is 5.32 Å². The maximum Gasteiger partial charge on any atom is 0.335 e. The summed E-state index contributed by atoms with van der Waals surface area (Å²) in [5.74, 6) is -1.76. The molecular formula is C26H19Cl2N3O5. The molecule has 0 aliphatic carbocycles. The summed E-state index contributed by atoms with van der Waals surface area (Å²) in [6.07, 6.45) is 1.31. The Morgan fingerprint density at radius 2 is 1.78 bits per heavy atom. The van der Waals surface area contributed by atoms with Crippen LogP contribution in [0.3, 0.4) is 0 Å². The minimum Gasteiger partial charge on any atom is -0.482 e. The van der Waals surface area contributed by atoms with Crippen molar-refractivity contribution in [2.45, 2.75) is 6.92 Å². The van der Waals surface area contributed by atoms with E-state index in [0.29, 0.717) is 21.8 Å². The van der Waals surface area contributed by atoms with E-state index in [9.17, 15) is 19.2 Å². The van der Waals surface area contributed by atoms with Gasteiger partial charge in [0.15, 0.2) is 6.61 Å². The number of rotatable bonds is 6. The Morgan fingerprint density at radius 1 is 1.03 bits per heavy atom. The minimum absolute atomic E-state index is 0.166. The van der Waals surface area contributed by atoms with Gasteiger partial charge >= 0.3 is 6.03 Å². The molecule has 1 fully saturated rings. The van der Waals surface area contributed by atoms with Crippen LogP contribution >= 0.6 is 23.2 Å². The van der Waals surface area contributed by atoms with Crippen LogP contribution in [0.2, 0.25) is 10.0 Å². The highest BCUT2D eigenvalue weighted by Gasteiger charge is 2.37. The molecule has 36 heavy (non-hydrogen) atoms. The number of hydrogen-bond acceptors (Lipinski definition) is 5. The lowest BCUT2D eigenvalue weighted by Gasteiger charge is -2.27. The number of urea groups is 1. The van der Waals surface area contributed by atoms with Gasteiger partial charge in [0, 0.05) is 10.7 Å². The molecule has 1 aliphatic heterocycles. The van der Waals surface area contributed by atoms with Crippen molar-refractivity contribution in [2.24, 2.45) is 0 Å². The first-order valence-electron chi connectivity index (χ1n) is 10.7. The largest absolute Gasteiger partial charge is 0.482 e. The van der Waals surface area contributed by atoms with Crippen molar-refractivity contribution in [2.75, 3.05) is 16.8 Å². The van der Waals surface area contributed by atoms with Gasteiger partial charge in [0.05, 0.1) is 10.7 Å². The fourth-order valence-electron chi connectivity index (χ4n) is 3.45. The number of amides is 5. The lowest BCUT2D eigenvalue weighted by molar-refractivity contribution is -0.122. The molecule has 1 aliphatic rings. The van der Waals surface area contributed by atoms with E-state index in [1.54, 1.807) is 49.4 Å². The fourth-order valence-corrected chi connectivity index (χ4v) is 3.86. The Labute approximate surface area is 216 Å². The second kappa shape index (κ2) is 10.6. The van der Waals surface area contributed by atoms with E-state index in [-0.39, 0.29) is 34.5 Å². The van der Waals surface area contributed by atoms with Crippen LogP contribution in [0.25, 0.3) is 6.08 Å². The highest BCUT2D eigenvalue weighted by Crippen LogP contribution is 2.30. The second-order valence-electron chi connectivity index (χ2n) is 7.78. The molecule has 3 aromatic rings. The third kappa shape index (κ3) is 5.56. The maximum absolute atomic E-state index is 13.1. The first-order valence-corrected chi connectivity index (χ1v) is 11.4. The van der Waals surface area contributed by atoms with E-state index in [1.165, 1.54) is 24.3 Å².